The van der Waals surface area contributed by atoms with Crippen molar-refractivity contribution in [3.8, 4) is 11.8 Å². The fraction of sp³-hybridized carbons (Fsp3) is 0.500. The Morgan fingerprint density at radius 3 is 2.75 bits per heavy atom. The number of rotatable bonds is 9. The Morgan fingerprint density at radius 1 is 1.50 bits per heavy atom. The van der Waals surface area contributed by atoms with Crippen LogP contribution in [0.5, 0.6) is 5.75 Å². The molecule has 24 heavy (non-hydrogen) atoms. The number of quaternary nitrogens is 1. The van der Waals surface area contributed by atoms with E-state index in [1.54, 1.807) is 37.9 Å². The SMILES string of the molecule is CN(C)CCCNCC(=N)C#N.CO[NH2+]c1ccc(Cl)cc1[OH+]C. The molecular weight excluding hydrogens is 330 g/mol. The average Bonchev–Trinajstić information content (AvgIpc) is 2.56. The minimum atomic E-state index is 0.0971. The smallest absolute Gasteiger partial charge is 0.321 e. The van der Waals surface area contributed by atoms with Gasteiger partial charge in [-0.05, 0) is 39.7 Å². The standard InChI is InChI=1S/C8H10ClNO2.C8H16N4/c1-11-8-5-6(9)3-4-7(8)10-12-2;1-12(2)5-3-4-11-7-8(10)6-9/h3-5,10H,1-2H3;10-11H,3-5,7H2,1-2H3/p+2. The summed E-state index contributed by atoms with van der Waals surface area (Å²) in [6.45, 7) is 2.29. The predicted molar refractivity (Wildman–Crippen MR) is 97.0 cm³/mol. The Balaban J connectivity index is 0.000000441. The van der Waals surface area contributed by atoms with Gasteiger partial charge in [-0.1, -0.05) is 11.6 Å². The van der Waals surface area contributed by atoms with Crippen molar-refractivity contribution in [1.82, 2.24) is 10.2 Å². The van der Waals surface area contributed by atoms with Gasteiger partial charge in [0.1, 0.15) is 11.8 Å². The first-order valence-electron chi connectivity index (χ1n) is 7.53. The molecule has 0 atom stereocenters. The van der Waals surface area contributed by atoms with E-state index >= 15 is 0 Å². The van der Waals surface area contributed by atoms with Crippen LogP contribution in [0.2, 0.25) is 5.02 Å². The largest absolute Gasteiger partial charge is 0.580 e. The van der Waals surface area contributed by atoms with Crippen LogP contribution in [-0.2, 0) is 4.84 Å². The highest BCUT2D eigenvalue weighted by Crippen LogP contribution is 2.24. The number of benzene rings is 1. The van der Waals surface area contributed by atoms with Crippen molar-refractivity contribution in [2.24, 2.45) is 0 Å². The fourth-order valence-corrected chi connectivity index (χ4v) is 1.88. The van der Waals surface area contributed by atoms with Crippen LogP contribution >= 0.6 is 11.6 Å². The van der Waals surface area contributed by atoms with Gasteiger partial charge in [-0.2, -0.15) is 10.7 Å². The van der Waals surface area contributed by atoms with Crippen LogP contribution in [0.4, 0.5) is 5.69 Å². The zero-order valence-electron chi connectivity index (χ0n) is 14.8. The first-order valence-corrected chi connectivity index (χ1v) is 7.90. The molecule has 1 aromatic rings. The molecule has 1 aromatic carbocycles. The number of aliphatic hydroxyl groups is 1. The molecule has 0 aliphatic rings. The fourth-order valence-electron chi connectivity index (χ4n) is 1.71. The summed E-state index contributed by atoms with van der Waals surface area (Å²) in [5.41, 5.74) is 2.67. The number of nitriles is 1. The maximum atomic E-state index is 8.26. The number of nitrogens with two attached hydrogens (primary N) is 1. The highest BCUT2D eigenvalue weighted by Gasteiger charge is 2.11. The molecule has 0 radical (unpaired) electrons. The third-order valence-corrected chi connectivity index (χ3v) is 3.11. The molecule has 0 saturated carbocycles. The molecule has 0 heterocycles. The summed E-state index contributed by atoms with van der Waals surface area (Å²) in [6, 6.07) is 7.25. The van der Waals surface area contributed by atoms with E-state index in [1.165, 1.54) is 0 Å². The summed E-state index contributed by atoms with van der Waals surface area (Å²) in [5.74, 6) is 0.837. The molecule has 7 nitrogen and oxygen atoms in total. The van der Waals surface area contributed by atoms with Crippen LogP contribution in [0.15, 0.2) is 18.2 Å². The van der Waals surface area contributed by atoms with Gasteiger partial charge in [-0.15, -0.1) is 0 Å². The maximum Gasteiger partial charge on any atom is 0.321 e. The second-order valence-corrected chi connectivity index (χ2v) is 5.64. The van der Waals surface area contributed by atoms with Gasteiger partial charge in [0.25, 0.3) is 5.69 Å². The molecule has 0 amide bonds. The third-order valence-electron chi connectivity index (χ3n) is 2.87. The number of aromatic hydroxyl groups is 1. The second-order valence-electron chi connectivity index (χ2n) is 5.20. The summed E-state index contributed by atoms with van der Waals surface area (Å²) >= 11 is 5.78. The molecule has 0 aliphatic carbocycles. The zero-order valence-corrected chi connectivity index (χ0v) is 15.5. The Bertz CT molecular complexity index is 532. The maximum absolute atomic E-state index is 8.26. The number of halogens is 1. The minimum absolute atomic E-state index is 0.0971. The molecule has 5 N–H and O–H groups in total. The summed E-state index contributed by atoms with van der Waals surface area (Å²) in [5, 5.41) is 19.0. The van der Waals surface area contributed by atoms with Gasteiger partial charge < -0.3 is 15.0 Å². The summed E-state index contributed by atoms with van der Waals surface area (Å²) < 4.78 is 4.05. The van der Waals surface area contributed by atoms with Crippen molar-refractivity contribution < 1.29 is 15.1 Å². The van der Waals surface area contributed by atoms with Gasteiger partial charge >= 0.3 is 5.75 Å². The van der Waals surface area contributed by atoms with Gasteiger partial charge in [0, 0.05) is 12.6 Å². The minimum Gasteiger partial charge on any atom is -0.580 e. The van der Waals surface area contributed by atoms with Gasteiger partial charge in [-0.3, -0.25) is 5.41 Å². The lowest BCUT2D eigenvalue weighted by Crippen LogP contribution is -2.76. The van der Waals surface area contributed by atoms with Gasteiger partial charge in [0.2, 0.25) is 0 Å². The lowest BCUT2D eigenvalue weighted by atomic mass is 10.3. The van der Waals surface area contributed by atoms with Crippen molar-refractivity contribution in [1.29, 1.82) is 10.7 Å². The highest BCUT2D eigenvalue weighted by molar-refractivity contribution is 6.30. The van der Waals surface area contributed by atoms with E-state index in [9.17, 15) is 0 Å². The van der Waals surface area contributed by atoms with E-state index < -0.39 is 0 Å². The quantitative estimate of drug-likeness (QED) is 0.153. The predicted octanol–water partition coefficient (Wildman–Crippen LogP) is 1.04. The van der Waals surface area contributed by atoms with Crippen LogP contribution in [0.25, 0.3) is 0 Å². The number of nitrogens with one attached hydrogen (secondary N) is 2. The molecule has 134 valence electrons. The van der Waals surface area contributed by atoms with Crippen molar-refractivity contribution in [2.45, 2.75) is 6.42 Å². The monoisotopic (exact) mass is 357 g/mol. The van der Waals surface area contributed by atoms with Crippen LogP contribution in [-0.4, -0.2) is 63.3 Å². The Morgan fingerprint density at radius 2 is 2.21 bits per heavy atom. The molecule has 0 unspecified atom stereocenters. The van der Waals surface area contributed by atoms with Crippen molar-refractivity contribution in [2.75, 3.05) is 47.9 Å². The van der Waals surface area contributed by atoms with Crippen molar-refractivity contribution in [3.05, 3.63) is 23.2 Å². The molecule has 0 bridgehead atoms. The average molecular weight is 358 g/mol. The van der Waals surface area contributed by atoms with E-state index in [1.807, 2.05) is 20.2 Å². The molecule has 1 rings (SSSR count). The van der Waals surface area contributed by atoms with Crippen LogP contribution in [0, 0.1) is 16.7 Å². The molecule has 0 aliphatic heterocycles. The van der Waals surface area contributed by atoms with E-state index in [4.69, 9.17) is 27.1 Å². The number of hydrogen-bond acceptors (Lipinski definition) is 5. The van der Waals surface area contributed by atoms with E-state index in [2.05, 4.69) is 15.0 Å². The first-order chi connectivity index (χ1) is 11.4. The summed E-state index contributed by atoms with van der Waals surface area (Å²) in [4.78, 5) is 6.99. The molecule has 8 heteroatoms. The summed E-state index contributed by atoms with van der Waals surface area (Å²) in [7, 11) is 7.38. The molecule has 0 aromatic heterocycles. The normalized spacial score (nSPS) is 9.88. The first kappa shape index (κ1) is 22.3. The Kier molecular flexibility index (Phi) is 12.8. The zero-order chi connectivity index (χ0) is 18.4. The highest BCUT2D eigenvalue weighted by atomic mass is 35.5. The Hall–Kier alpha value is -1.69. The molecule has 0 spiro atoms. The van der Waals surface area contributed by atoms with Crippen LogP contribution in [0.1, 0.15) is 6.42 Å². The van der Waals surface area contributed by atoms with Gasteiger partial charge in [-0.25, -0.2) is 4.84 Å². The van der Waals surface area contributed by atoms with Crippen LogP contribution in [0.3, 0.4) is 0 Å². The lowest BCUT2D eigenvalue weighted by molar-refractivity contribution is -0.830. The molecule has 0 fully saturated rings. The van der Waals surface area contributed by atoms with E-state index in [0.717, 1.165) is 30.9 Å². The molecule has 0 saturated heterocycles. The third kappa shape index (κ3) is 10.9. The number of hydrogen-bond donors (Lipinski definition) is 3. The topological polar surface area (TPSA) is 102 Å². The van der Waals surface area contributed by atoms with Crippen LogP contribution < -0.4 is 10.8 Å². The number of nitrogens with zero attached hydrogens (tertiary/aromatic N) is 2. The van der Waals surface area contributed by atoms with Crippen molar-refractivity contribution >= 4 is 23.0 Å². The van der Waals surface area contributed by atoms with E-state index in [-0.39, 0.29) is 5.71 Å². The van der Waals surface area contributed by atoms with Crippen molar-refractivity contribution in [3.63, 3.8) is 0 Å². The summed E-state index contributed by atoms with van der Waals surface area (Å²) in [6.07, 6.45) is 1.05. The lowest BCUT2D eigenvalue weighted by Gasteiger charge is -2.08. The number of ether oxygens (including phenoxy) is 1. The second kappa shape index (κ2) is 13.7. The molecular formula is C16H28ClN5O2+2. The van der Waals surface area contributed by atoms with Gasteiger partial charge in [0.15, 0.2) is 7.11 Å². The van der Waals surface area contributed by atoms with E-state index in [0.29, 0.717) is 11.6 Å². The van der Waals surface area contributed by atoms with Gasteiger partial charge in [0.05, 0.1) is 18.2 Å². The Labute approximate surface area is 149 Å².